The Morgan fingerprint density at radius 1 is 1.12 bits per heavy atom. The van der Waals surface area contributed by atoms with E-state index in [4.69, 9.17) is 9.47 Å². The molecule has 0 saturated carbocycles. The third kappa shape index (κ3) is 4.58. The van der Waals surface area contributed by atoms with Gasteiger partial charge in [-0.2, -0.15) is 0 Å². The first kappa shape index (κ1) is 18.0. The van der Waals surface area contributed by atoms with Crippen LogP contribution in [0, 0.1) is 6.92 Å². The van der Waals surface area contributed by atoms with Crippen molar-refractivity contribution in [3.05, 3.63) is 58.1 Å². The molecule has 0 bridgehead atoms. The molecule has 24 heavy (non-hydrogen) atoms. The number of ether oxygens (including phenoxy) is 2. The number of rotatable bonds is 5. The first-order valence-electron chi connectivity index (χ1n) is 7.32. The van der Waals surface area contributed by atoms with Crippen LogP contribution in [-0.4, -0.2) is 25.1 Å². The molecule has 0 aliphatic carbocycles. The summed E-state index contributed by atoms with van der Waals surface area (Å²) in [4.78, 5) is 24.4. The molecule has 0 heterocycles. The van der Waals surface area contributed by atoms with E-state index in [1.165, 1.54) is 14.0 Å². The molecule has 1 atom stereocenters. The van der Waals surface area contributed by atoms with Crippen LogP contribution >= 0.6 is 15.9 Å². The summed E-state index contributed by atoms with van der Waals surface area (Å²) in [5, 5.41) is 2.71. The van der Waals surface area contributed by atoms with Crippen LogP contribution in [0.1, 0.15) is 22.8 Å². The summed E-state index contributed by atoms with van der Waals surface area (Å²) in [6.07, 6.45) is -0.933. The average molecular weight is 392 g/mol. The van der Waals surface area contributed by atoms with E-state index in [9.17, 15) is 9.59 Å². The number of hydrogen-bond donors (Lipinski definition) is 1. The van der Waals surface area contributed by atoms with Gasteiger partial charge in [-0.25, -0.2) is 4.79 Å². The fraction of sp³-hybridized carbons (Fsp3) is 0.222. The second-order valence-electron chi connectivity index (χ2n) is 5.25. The van der Waals surface area contributed by atoms with Crippen molar-refractivity contribution in [3.8, 4) is 5.75 Å². The van der Waals surface area contributed by atoms with Gasteiger partial charge in [0.1, 0.15) is 5.75 Å². The molecule has 2 aromatic carbocycles. The van der Waals surface area contributed by atoms with Gasteiger partial charge in [-0.3, -0.25) is 4.79 Å². The number of hydrogen-bond acceptors (Lipinski definition) is 4. The molecule has 126 valence electrons. The highest BCUT2D eigenvalue weighted by Gasteiger charge is 2.21. The lowest BCUT2D eigenvalue weighted by Gasteiger charge is -2.14. The zero-order valence-corrected chi connectivity index (χ0v) is 15.2. The van der Waals surface area contributed by atoms with Gasteiger partial charge in [0, 0.05) is 10.2 Å². The molecule has 0 fully saturated rings. The SMILES string of the molecule is COc1ccc(Br)c(C(=O)O[C@@H](C)C(=O)Nc2ccc(C)cc2)c1. The van der Waals surface area contributed by atoms with Crippen LogP contribution in [0.25, 0.3) is 0 Å². The van der Waals surface area contributed by atoms with Crippen LogP contribution < -0.4 is 10.1 Å². The van der Waals surface area contributed by atoms with E-state index < -0.39 is 18.0 Å². The van der Waals surface area contributed by atoms with Gasteiger partial charge in [0.05, 0.1) is 12.7 Å². The zero-order valence-electron chi connectivity index (χ0n) is 13.6. The maximum absolute atomic E-state index is 12.3. The molecule has 0 unspecified atom stereocenters. The smallest absolute Gasteiger partial charge is 0.340 e. The molecule has 1 N–H and O–H groups in total. The quantitative estimate of drug-likeness (QED) is 0.783. The highest BCUT2D eigenvalue weighted by atomic mass is 79.9. The predicted octanol–water partition coefficient (Wildman–Crippen LogP) is 3.95. The van der Waals surface area contributed by atoms with Crippen molar-refractivity contribution in [1.82, 2.24) is 0 Å². The molecule has 0 spiro atoms. The number of aryl methyl sites for hydroxylation is 1. The number of halogens is 1. The van der Waals surface area contributed by atoms with Crippen LogP contribution in [-0.2, 0) is 9.53 Å². The lowest BCUT2D eigenvalue weighted by atomic mass is 10.2. The largest absolute Gasteiger partial charge is 0.497 e. The summed E-state index contributed by atoms with van der Waals surface area (Å²) in [6, 6.07) is 12.3. The van der Waals surface area contributed by atoms with Crippen molar-refractivity contribution in [2.24, 2.45) is 0 Å². The number of carbonyl (C=O) groups is 2. The minimum absolute atomic E-state index is 0.296. The Hall–Kier alpha value is -2.34. The minimum Gasteiger partial charge on any atom is -0.497 e. The summed E-state index contributed by atoms with van der Waals surface area (Å²) in [5.74, 6) is -0.472. The van der Waals surface area contributed by atoms with E-state index in [0.717, 1.165) is 5.56 Å². The topological polar surface area (TPSA) is 64.6 Å². The monoisotopic (exact) mass is 391 g/mol. The Balaban J connectivity index is 2.02. The van der Waals surface area contributed by atoms with E-state index in [1.807, 2.05) is 19.1 Å². The summed E-state index contributed by atoms with van der Waals surface area (Å²) in [7, 11) is 1.51. The van der Waals surface area contributed by atoms with Gasteiger partial charge in [-0.15, -0.1) is 0 Å². The molecule has 2 aromatic rings. The number of anilines is 1. The van der Waals surface area contributed by atoms with Crippen molar-refractivity contribution in [2.75, 3.05) is 12.4 Å². The molecule has 0 aliphatic heterocycles. The fourth-order valence-electron chi connectivity index (χ4n) is 1.95. The highest BCUT2D eigenvalue weighted by molar-refractivity contribution is 9.10. The first-order chi connectivity index (χ1) is 11.4. The molecular weight excluding hydrogens is 374 g/mol. The van der Waals surface area contributed by atoms with Gasteiger partial charge in [-0.1, -0.05) is 17.7 Å². The summed E-state index contributed by atoms with van der Waals surface area (Å²) in [5.41, 5.74) is 2.04. The number of amides is 1. The van der Waals surface area contributed by atoms with E-state index in [0.29, 0.717) is 21.5 Å². The second-order valence-corrected chi connectivity index (χ2v) is 6.10. The summed E-state index contributed by atoms with van der Waals surface area (Å²) in [6.45, 7) is 3.48. The molecule has 0 saturated heterocycles. The van der Waals surface area contributed by atoms with Crippen molar-refractivity contribution >= 4 is 33.5 Å². The zero-order chi connectivity index (χ0) is 17.7. The number of carbonyl (C=O) groups excluding carboxylic acids is 2. The van der Waals surface area contributed by atoms with Crippen LogP contribution in [0.15, 0.2) is 46.9 Å². The van der Waals surface area contributed by atoms with E-state index in [-0.39, 0.29) is 0 Å². The molecule has 0 aromatic heterocycles. The van der Waals surface area contributed by atoms with Crippen LogP contribution in [0.5, 0.6) is 5.75 Å². The molecule has 0 aliphatic rings. The lowest BCUT2D eigenvalue weighted by Crippen LogP contribution is -2.30. The molecule has 1 amide bonds. The maximum Gasteiger partial charge on any atom is 0.340 e. The van der Waals surface area contributed by atoms with Crippen molar-refractivity contribution in [1.29, 1.82) is 0 Å². The standard InChI is InChI=1S/C18H18BrNO4/c1-11-4-6-13(7-5-11)20-17(21)12(2)24-18(22)15-10-14(23-3)8-9-16(15)19/h4-10,12H,1-3H3,(H,20,21)/t12-/m0/s1. The third-order valence-electron chi connectivity index (χ3n) is 3.37. The molecule has 6 heteroatoms. The summed E-state index contributed by atoms with van der Waals surface area (Å²) >= 11 is 3.29. The average Bonchev–Trinajstić information content (AvgIpc) is 2.57. The summed E-state index contributed by atoms with van der Waals surface area (Å²) < 4.78 is 10.9. The fourth-order valence-corrected chi connectivity index (χ4v) is 2.35. The van der Waals surface area contributed by atoms with E-state index >= 15 is 0 Å². The molecule has 0 radical (unpaired) electrons. The molecule has 5 nitrogen and oxygen atoms in total. The Labute approximate surface area is 149 Å². The van der Waals surface area contributed by atoms with Crippen LogP contribution in [0.4, 0.5) is 5.69 Å². The van der Waals surface area contributed by atoms with E-state index in [1.54, 1.807) is 30.3 Å². The molecule has 2 rings (SSSR count). The predicted molar refractivity (Wildman–Crippen MR) is 95.4 cm³/mol. The Morgan fingerprint density at radius 2 is 1.79 bits per heavy atom. The third-order valence-corrected chi connectivity index (χ3v) is 4.06. The lowest BCUT2D eigenvalue weighted by molar-refractivity contribution is -0.123. The first-order valence-corrected chi connectivity index (χ1v) is 8.12. The number of benzene rings is 2. The van der Waals surface area contributed by atoms with Gasteiger partial charge < -0.3 is 14.8 Å². The highest BCUT2D eigenvalue weighted by Crippen LogP contribution is 2.23. The van der Waals surface area contributed by atoms with Crippen LogP contribution in [0.3, 0.4) is 0 Å². The molecular formula is C18H18BrNO4. The van der Waals surface area contributed by atoms with Gasteiger partial charge >= 0.3 is 5.97 Å². The van der Waals surface area contributed by atoms with Crippen LogP contribution in [0.2, 0.25) is 0 Å². The normalized spacial score (nSPS) is 11.5. The minimum atomic E-state index is -0.933. The maximum atomic E-state index is 12.3. The number of esters is 1. The van der Waals surface area contributed by atoms with Gasteiger partial charge in [0.2, 0.25) is 0 Å². The Morgan fingerprint density at radius 3 is 2.42 bits per heavy atom. The number of nitrogens with one attached hydrogen (secondary N) is 1. The van der Waals surface area contributed by atoms with Crippen molar-refractivity contribution < 1.29 is 19.1 Å². The van der Waals surface area contributed by atoms with Gasteiger partial charge in [0.25, 0.3) is 5.91 Å². The number of methoxy groups -OCH3 is 1. The van der Waals surface area contributed by atoms with Crippen molar-refractivity contribution in [2.45, 2.75) is 20.0 Å². The Bertz CT molecular complexity index is 743. The van der Waals surface area contributed by atoms with Gasteiger partial charge in [-0.05, 0) is 60.1 Å². The van der Waals surface area contributed by atoms with E-state index in [2.05, 4.69) is 21.2 Å². The second kappa shape index (κ2) is 7.97. The Kier molecular flexibility index (Phi) is 5.98. The van der Waals surface area contributed by atoms with Crippen molar-refractivity contribution in [3.63, 3.8) is 0 Å². The van der Waals surface area contributed by atoms with Gasteiger partial charge in [0.15, 0.2) is 6.10 Å².